The van der Waals surface area contributed by atoms with Gasteiger partial charge < -0.3 is 14.2 Å². The summed E-state index contributed by atoms with van der Waals surface area (Å²) < 4.78 is 15.8. The van der Waals surface area contributed by atoms with Crippen molar-refractivity contribution < 1.29 is 23.8 Å². The Hall–Kier alpha value is -3.60. The van der Waals surface area contributed by atoms with E-state index in [1.807, 2.05) is 18.2 Å². The van der Waals surface area contributed by atoms with E-state index in [1.165, 1.54) is 18.7 Å². The summed E-state index contributed by atoms with van der Waals surface area (Å²) in [5.41, 5.74) is 1.75. The van der Waals surface area contributed by atoms with E-state index in [0.717, 1.165) is 6.42 Å². The number of esters is 2. The smallest absolute Gasteiger partial charge is 0.343 e. The van der Waals surface area contributed by atoms with E-state index in [4.69, 9.17) is 14.2 Å². The second kappa shape index (κ2) is 9.37. The third kappa shape index (κ3) is 4.98. The van der Waals surface area contributed by atoms with Crippen LogP contribution in [0.3, 0.4) is 0 Å². The average molecular weight is 376 g/mol. The van der Waals surface area contributed by atoms with Crippen molar-refractivity contribution in [3.8, 4) is 11.5 Å². The van der Waals surface area contributed by atoms with Crippen LogP contribution in [0.25, 0.3) is 0 Å². The van der Waals surface area contributed by atoms with Crippen LogP contribution >= 0.6 is 0 Å². The lowest BCUT2D eigenvalue weighted by molar-refractivity contribution is 0.0593. The first kappa shape index (κ1) is 19.2. The Bertz CT molecular complexity index is 933. The molecule has 0 radical (unpaired) electrons. The minimum absolute atomic E-state index is 0.155. The van der Waals surface area contributed by atoms with E-state index in [-0.39, 0.29) is 11.3 Å². The molecule has 0 atom stereocenters. The van der Waals surface area contributed by atoms with Crippen LogP contribution in [0.15, 0.2) is 78.9 Å². The van der Waals surface area contributed by atoms with E-state index in [2.05, 4.69) is 12.1 Å². The van der Waals surface area contributed by atoms with Crippen LogP contribution in [0.1, 0.15) is 26.3 Å². The first-order valence-electron chi connectivity index (χ1n) is 8.83. The summed E-state index contributed by atoms with van der Waals surface area (Å²) in [6, 6.07) is 23.2. The summed E-state index contributed by atoms with van der Waals surface area (Å²) in [5, 5.41) is 0. The fourth-order valence-corrected chi connectivity index (χ4v) is 2.61. The summed E-state index contributed by atoms with van der Waals surface area (Å²) in [6.07, 6.45) is 0.801. The summed E-state index contributed by atoms with van der Waals surface area (Å²) in [6.45, 7) is 0.542. The lowest BCUT2D eigenvalue weighted by Gasteiger charge is -2.09. The molecule has 142 valence electrons. The second-order valence-electron chi connectivity index (χ2n) is 5.99. The minimum Gasteiger partial charge on any atom is -0.493 e. The van der Waals surface area contributed by atoms with Gasteiger partial charge in [0.1, 0.15) is 17.1 Å². The number of para-hydroxylation sites is 1. The molecule has 0 amide bonds. The van der Waals surface area contributed by atoms with E-state index < -0.39 is 11.9 Å². The zero-order valence-electron chi connectivity index (χ0n) is 15.5. The lowest BCUT2D eigenvalue weighted by Crippen LogP contribution is -2.12. The second-order valence-corrected chi connectivity index (χ2v) is 5.99. The highest BCUT2D eigenvalue weighted by molar-refractivity contribution is 5.96. The van der Waals surface area contributed by atoms with Crippen LogP contribution in [0.5, 0.6) is 11.5 Å². The highest BCUT2D eigenvalue weighted by Crippen LogP contribution is 2.21. The minimum atomic E-state index is -0.564. The third-order valence-corrected chi connectivity index (χ3v) is 4.09. The zero-order valence-corrected chi connectivity index (χ0v) is 15.5. The van der Waals surface area contributed by atoms with Crippen molar-refractivity contribution >= 4 is 11.9 Å². The van der Waals surface area contributed by atoms with Gasteiger partial charge in [0, 0.05) is 6.42 Å². The first-order valence-corrected chi connectivity index (χ1v) is 8.83. The highest BCUT2D eigenvalue weighted by Gasteiger charge is 2.16. The van der Waals surface area contributed by atoms with E-state index >= 15 is 0 Å². The van der Waals surface area contributed by atoms with Gasteiger partial charge >= 0.3 is 11.9 Å². The Morgan fingerprint density at radius 3 is 2.18 bits per heavy atom. The molecular formula is C23H20O5. The predicted molar refractivity (Wildman–Crippen MR) is 105 cm³/mol. The van der Waals surface area contributed by atoms with Gasteiger partial charge in [0.25, 0.3) is 0 Å². The molecule has 0 unspecified atom stereocenters. The van der Waals surface area contributed by atoms with Crippen LogP contribution in [0.2, 0.25) is 0 Å². The molecule has 5 nitrogen and oxygen atoms in total. The van der Waals surface area contributed by atoms with Gasteiger partial charge in [-0.05, 0) is 42.0 Å². The molecule has 0 heterocycles. The van der Waals surface area contributed by atoms with Crippen molar-refractivity contribution in [2.45, 2.75) is 6.42 Å². The van der Waals surface area contributed by atoms with Crippen LogP contribution in [-0.4, -0.2) is 25.7 Å². The topological polar surface area (TPSA) is 61.8 Å². The Balaban J connectivity index is 1.59. The number of benzene rings is 3. The number of hydrogen-bond donors (Lipinski definition) is 0. The highest BCUT2D eigenvalue weighted by atomic mass is 16.5. The quantitative estimate of drug-likeness (QED) is 0.454. The molecule has 0 aromatic heterocycles. The number of hydrogen-bond acceptors (Lipinski definition) is 5. The van der Waals surface area contributed by atoms with Gasteiger partial charge in [-0.1, -0.05) is 42.5 Å². The van der Waals surface area contributed by atoms with Crippen molar-refractivity contribution in [2.24, 2.45) is 0 Å². The molecule has 0 aliphatic carbocycles. The Kier molecular flexibility index (Phi) is 6.41. The van der Waals surface area contributed by atoms with Gasteiger partial charge in [-0.2, -0.15) is 0 Å². The lowest BCUT2D eigenvalue weighted by atomic mass is 10.2. The van der Waals surface area contributed by atoms with Gasteiger partial charge in [0.2, 0.25) is 0 Å². The molecule has 0 saturated carbocycles. The molecule has 0 aliphatic heterocycles. The van der Waals surface area contributed by atoms with Gasteiger partial charge in [0.15, 0.2) is 0 Å². The van der Waals surface area contributed by atoms with Crippen LogP contribution in [0, 0.1) is 0 Å². The fourth-order valence-electron chi connectivity index (χ4n) is 2.61. The van der Waals surface area contributed by atoms with Crippen molar-refractivity contribution in [3.05, 3.63) is 95.6 Å². The maximum absolute atomic E-state index is 12.4. The maximum Gasteiger partial charge on any atom is 0.343 e. The molecule has 0 N–H and O–H groups in total. The van der Waals surface area contributed by atoms with Gasteiger partial charge in [0.05, 0.1) is 19.3 Å². The normalized spacial score (nSPS) is 10.2. The van der Waals surface area contributed by atoms with Crippen LogP contribution < -0.4 is 9.47 Å². The van der Waals surface area contributed by atoms with E-state index in [1.54, 1.807) is 42.5 Å². The first-order chi connectivity index (χ1) is 13.7. The van der Waals surface area contributed by atoms with Crippen molar-refractivity contribution in [2.75, 3.05) is 13.7 Å². The number of ether oxygens (including phenoxy) is 3. The van der Waals surface area contributed by atoms with Crippen molar-refractivity contribution in [1.82, 2.24) is 0 Å². The molecule has 3 rings (SSSR count). The number of methoxy groups -OCH3 is 1. The van der Waals surface area contributed by atoms with Crippen molar-refractivity contribution in [3.63, 3.8) is 0 Å². The van der Waals surface area contributed by atoms with E-state index in [9.17, 15) is 9.59 Å². The number of carbonyl (C=O) groups is 2. The molecule has 0 fully saturated rings. The standard InChI is InChI=1S/C23H20O5/c1-26-23(25)20-9-5-6-10-21(20)28-22(24)18-11-13-19(14-12-18)27-16-15-17-7-3-2-4-8-17/h2-14H,15-16H2,1H3. The van der Waals surface area contributed by atoms with Gasteiger partial charge in [-0.3, -0.25) is 0 Å². The molecule has 0 spiro atoms. The summed E-state index contributed by atoms with van der Waals surface area (Å²) in [7, 11) is 1.28. The summed E-state index contributed by atoms with van der Waals surface area (Å²) in [5.74, 6) is -0.303. The molecule has 28 heavy (non-hydrogen) atoms. The Morgan fingerprint density at radius 2 is 1.46 bits per heavy atom. The molecule has 0 bridgehead atoms. The zero-order chi connectivity index (χ0) is 19.8. The molecule has 0 aliphatic rings. The van der Waals surface area contributed by atoms with Gasteiger partial charge in [-0.15, -0.1) is 0 Å². The molecular weight excluding hydrogens is 356 g/mol. The number of carbonyl (C=O) groups excluding carboxylic acids is 2. The summed E-state index contributed by atoms with van der Waals surface area (Å²) >= 11 is 0. The Morgan fingerprint density at radius 1 is 0.786 bits per heavy atom. The fraction of sp³-hybridized carbons (Fsp3) is 0.130. The largest absolute Gasteiger partial charge is 0.493 e. The summed E-state index contributed by atoms with van der Waals surface area (Å²) in [4.78, 5) is 24.1. The molecule has 0 saturated heterocycles. The predicted octanol–water partition coefficient (Wildman–Crippen LogP) is 4.31. The molecule has 5 heteroatoms. The van der Waals surface area contributed by atoms with Crippen LogP contribution in [-0.2, 0) is 11.2 Å². The van der Waals surface area contributed by atoms with Gasteiger partial charge in [-0.25, -0.2) is 9.59 Å². The maximum atomic E-state index is 12.4. The molecule has 3 aromatic rings. The van der Waals surface area contributed by atoms with Crippen molar-refractivity contribution in [1.29, 1.82) is 0 Å². The number of rotatable bonds is 7. The SMILES string of the molecule is COC(=O)c1ccccc1OC(=O)c1ccc(OCCc2ccccc2)cc1. The third-order valence-electron chi connectivity index (χ3n) is 4.09. The van der Waals surface area contributed by atoms with E-state index in [0.29, 0.717) is 17.9 Å². The average Bonchev–Trinajstić information content (AvgIpc) is 2.75. The monoisotopic (exact) mass is 376 g/mol. The molecule has 3 aromatic carbocycles. The van der Waals surface area contributed by atoms with Crippen LogP contribution in [0.4, 0.5) is 0 Å². The Labute approximate surface area is 163 Å².